The number of H-pyrrole nitrogens is 1. The summed E-state index contributed by atoms with van der Waals surface area (Å²) in [6.07, 6.45) is 11.2. The molecule has 0 radical (unpaired) electrons. The first kappa shape index (κ1) is 19.9. The van der Waals surface area contributed by atoms with E-state index in [0.29, 0.717) is 11.8 Å². The fraction of sp³-hybridized carbons (Fsp3) is 0.333. The number of nitrogens with one attached hydrogen (secondary N) is 1. The van der Waals surface area contributed by atoms with E-state index >= 15 is 0 Å². The molecule has 0 amide bonds. The zero-order chi connectivity index (χ0) is 22.6. The molecule has 7 rings (SSSR count). The van der Waals surface area contributed by atoms with Crippen LogP contribution in [0.15, 0.2) is 54.9 Å². The van der Waals surface area contributed by atoms with E-state index in [4.69, 9.17) is 15.7 Å². The number of aromatic amines is 1. The predicted molar refractivity (Wildman–Crippen MR) is 133 cm³/mol. The quantitative estimate of drug-likeness (QED) is 0.456. The monoisotopic (exact) mass is 449 g/mol. The van der Waals surface area contributed by atoms with E-state index in [-0.39, 0.29) is 6.04 Å². The van der Waals surface area contributed by atoms with Crippen LogP contribution < -0.4 is 10.6 Å². The SMILES string of the molecule is N[C@H]1CC/C(c2cnc3c(N4CCCc5ncccc54)n[nH]c3n2)=C\C2CC2c2ccccc21. The topological polar surface area (TPSA) is 96.6 Å². The van der Waals surface area contributed by atoms with Crippen molar-refractivity contribution in [1.29, 1.82) is 0 Å². The van der Waals surface area contributed by atoms with Crippen molar-refractivity contribution in [3.8, 4) is 0 Å². The van der Waals surface area contributed by atoms with Gasteiger partial charge < -0.3 is 10.6 Å². The van der Waals surface area contributed by atoms with Gasteiger partial charge in [0.15, 0.2) is 17.0 Å². The average Bonchev–Trinajstić information content (AvgIpc) is 3.52. The third-order valence-corrected chi connectivity index (χ3v) is 7.56. The second-order valence-corrected chi connectivity index (χ2v) is 9.70. The molecule has 4 heterocycles. The lowest BCUT2D eigenvalue weighted by Gasteiger charge is -2.28. The highest BCUT2D eigenvalue weighted by molar-refractivity contribution is 5.87. The van der Waals surface area contributed by atoms with Crippen molar-refractivity contribution in [1.82, 2.24) is 25.1 Å². The Kier molecular flexibility index (Phi) is 4.52. The second-order valence-electron chi connectivity index (χ2n) is 9.70. The predicted octanol–water partition coefficient (Wildman–Crippen LogP) is 4.81. The zero-order valence-corrected chi connectivity index (χ0v) is 19.0. The van der Waals surface area contributed by atoms with Gasteiger partial charge in [-0.1, -0.05) is 30.3 Å². The molecule has 3 aromatic heterocycles. The van der Waals surface area contributed by atoms with Crippen molar-refractivity contribution in [3.63, 3.8) is 0 Å². The molecule has 0 saturated heterocycles. The molecule has 0 spiro atoms. The van der Waals surface area contributed by atoms with Crippen molar-refractivity contribution in [2.45, 2.75) is 44.1 Å². The summed E-state index contributed by atoms with van der Waals surface area (Å²) in [6, 6.07) is 12.8. The molecule has 170 valence electrons. The van der Waals surface area contributed by atoms with Gasteiger partial charge in [0.25, 0.3) is 0 Å². The molecular formula is C27H27N7. The number of anilines is 2. The molecule has 34 heavy (non-hydrogen) atoms. The van der Waals surface area contributed by atoms with Crippen LogP contribution in [0.3, 0.4) is 0 Å². The van der Waals surface area contributed by atoms with E-state index in [0.717, 1.165) is 66.3 Å². The summed E-state index contributed by atoms with van der Waals surface area (Å²) in [7, 11) is 0. The van der Waals surface area contributed by atoms with Crippen molar-refractivity contribution < 1.29 is 0 Å². The number of hydrogen-bond donors (Lipinski definition) is 2. The maximum absolute atomic E-state index is 6.63. The highest BCUT2D eigenvalue weighted by Gasteiger charge is 2.39. The van der Waals surface area contributed by atoms with E-state index < -0.39 is 0 Å². The fourth-order valence-electron chi connectivity index (χ4n) is 5.71. The first-order chi connectivity index (χ1) is 16.8. The van der Waals surface area contributed by atoms with Crippen molar-refractivity contribution >= 4 is 28.2 Å². The van der Waals surface area contributed by atoms with Crippen LogP contribution in [0.1, 0.15) is 60.2 Å². The van der Waals surface area contributed by atoms with Crippen LogP contribution in [0.5, 0.6) is 0 Å². The summed E-state index contributed by atoms with van der Waals surface area (Å²) in [5.74, 6) is 1.94. The number of allylic oxidation sites excluding steroid dienone is 2. The van der Waals surface area contributed by atoms with Crippen molar-refractivity contribution in [2.24, 2.45) is 11.7 Å². The highest BCUT2D eigenvalue weighted by atomic mass is 15.3. The molecule has 2 unspecified atom stereocenters. The molecule has 2 aliphatic carbocycles. The Labute approximate surface area is 198 Å². The normalized spacial score (nSPS) is 25.3. The van der Waals surface area contributed by atoms with Gasteiger partial charge >= 0.3 is 0 Å². The van der Waals surface area contributed by atoms with Gasteiger partial charge in [-0.25, -0.2) is 9.97 Å². The van der Waals surface area contributed by atoms with Gasteiger partial charge in [0.05, 0.1) is 23.3 Å². The number of benzene rings is 1. The third-order valence-electron chi connectivity index (χ3n) is 7.56. The molecular weight excluding hydrogens is 422 g/mol. The van der Waals surface area contributed by atoms with Crippen LogP contribution in [-0.2, 0) is 6.42 Å². The largest absolute Gasteiger partial charge is 0.324 e. The minimum Gasteiger partial charge on any atom is -0.324 e. The summed E-state index contributed by atoms with van der Waals surface area (Å²) >= 11 is 0. The summed E-state index contributed by atoms with van der Waals surface area (Å²) in [6.45, 7) is 0.898. The zero-order valence-electron chi connectivity index (χ0n) is 19.0. The minimum absolute atomic E-state index is 0.0437. The summed E-state index contributed by atoms with van der Waals surface area (Å²) in [5, 5.41) is 7.77. The molecule has 1 saturated carbocycles. The standard InChI is InChI=1S/C27H27N7/c28-21-10-9-16(13-17-14-20(17)18-5-1-2-6-19(18)21)23-15-30-25-26(31-23)32-33-27(25)34-12-4-7-22-24(34)8-3-11-29-22/h1-3,5-6,8,11,13,15,17,20-21H,4,7,9-10,12,14,28H2,(H,31,32,33)/b16-13+/t17?,20?,21-/m0/s1. The number of hydrogen-bond acceptors (Lipinski definition) is 6. The van der Waals surface area contributed by atoms with Crippen molar-refractivity contribution in [2.75, 3.05) is 11.4 Å². The Balaban J connectivity index is 1.23. The Morgan fingerprint density at radius 2 is 1.94 bits per heavy atom. The van der Waals surface area contributed by atoms with E-state index in [1.165, 1.54) is 23.1 Å². The average molecular weight is 450 g/mol. The molecule has 1 fully saturated rings. The van der Waals surface area contributed by atoms with Crippen molar-refractivity contribution in [3.05, 3.63) is 77.4 Å². The number of nitrogens with zero attached hydrogens (tertiary/aromatic N) is 5. The van der Waals surface area contributed by atoms with Gasteiger partial charge in [-0.05, 0) is 72.8 Å². The van der Waals surface area contributed by atoms with E-state index in [1.54, 1.807) is 0 Å². The van der Waals surface area contributed by atoms with E-state index in [2.05, 4.69) is 56.5 Å². The Morgan fingerprint density at radius 1 is 1.03 bits per heavy atom. The maximum Gasteiger partial charge on any atom is 0.183 e. The van der Waals surface area contributed by atoms with Crippen LogP contribution in [0, 0.1) is 5.92 Å². The molecule has 4 aromatic rings. The fourth-order valence-corrected chi connectivity index (χ4v) is 5.71. The van der Waals surface area contributed by atoms with Gasteiger partial charge in [-0.15, -0.1) is 0 Å². The van der Waals surface area contributed by atoms with Gasteiger partial charge in [-0.3, -0.25) is 10.1 Å². The first-order valence-corrected chi connectivity index (χ1v) is 12.2. The van der Waals surface area contributed by atoms with E-state index in [9.17, 15) is 0 Å². The first-order valence-electron chi connectivity index (χ1n) is 12.2. The number of aromatic nitrogens is 5. The van der Waals surface area contributed by atoms with Gasteiger partial charge in [0.2, 0.25) is 0 Å². The Hall–Kier alpha value is -3.58. The van der Waals surface area contributed by atoms with Crippen LogP contribution in [0.25, 0.3) is 16.7 Å². The third kappa shape index (κ3) is 3.22. The molecule has 0 bridgehead atoms. The lowest BCUT2D eigenvalue weighted by Crippen LogP contribution is -2.25. The molecule has 7 heteroatoms. The number of pyridine rings is 1. The van der Waals surface area contributed by atoms with Crippen LogP contribution in [0.2, 0.25) is 0 Å². The smallest absolute Gasteiger partial charge is 0.183 e. The summed E-state index contributed by atoms with van der Waals surface area (Å²) < 4.78 is 0. The summed E-state index contributed by atoms with van der Waals surface area (Å²) in [5.41, 5.74) is 15.3. The number of fused-ring (bicyclic) bond motifs is 5. The molecule has 3 atom stereocenters. The minimum atomic E-state index is 0.0437. The van der Waals surface area contributed by atoms with E-state index in [1.807, 2.05) is 18.5 Å². The van der Waals surface area contributed by atoms with Gasteiger partial charge in [-0.2, -0.15) is 5.10 Å². The van der Waals surface area contributed by atoms with Crippen LogP contribution in [0.4, 0.5) is 11.5 Å². The number of aryl methyl sites for hydroxylation is 1. The maximum atomic E-state index is 6.63. The molecule has 7 nitrogen and oxygen atoms in total. The number of rotatable bonds is 2. The van der Waals surface area contributed by atoms with Crippen LogP contribution >= 0.6 is 0 Å². The highest BCUT2D eigenvalue weighted by Crippen LogP contribution is 2.52. The van der Waals surface area contributed by atoms with Gasteiger partial charge in [0.1, 0.15) is 0 Å². The number of nitrogens with two attached hydrogens (primary N) is 1. The molecule has 3 aliphatic rings. The summed E-state index contributed by atoms with van der Waals surface area (Å²) in [4.78, 5) is 16.6. The van der Waals surface area contributed by atoms with Crippen LogP contribution in [-0.4, -0.2) is 31.7 Å². The van der Waals surface area contributed by atoms with Gasteiger partial charge in [0, 0.05) is 18.8 Å². The second kappa shape index (κ2) is 7.74. The molecule has 1 aromatic carbocycles. The lowest BCUT2D eigenvalue weighted by molar-refractivity contribution is 0.659. The molecule has 1 aliphatic heterocycles. The Morgan fingerprint density at radius 3 is 2.88 bits per heavy atom. The Bertz CT molecular complexity index is 1420. The lowest BCUT2D eigenvalue weighted by atomic mass is 9.94. The molecule has 3 N–H and O–H groups in total.